The molecule has 0 saturated heterocycles. The van der Waals surface area contributed by atoms with Crippen LogP contribution in [0, 0.1) is 0 Å². The van der Waals surface area contributed by atoms with E-state index in [-0.39, 0.29) is 0 Å². The lowest BCUT2D eigenvalue weighted by Crippen LogP contribution is -1.97. The third kappa shape index (κ3) is 2.33. The number of aromatic amines is 1. The number of aromatic nitrogens is 2. The maximum atomic E-state index is 10.9. The van der Waals surface area contributed by atoms with Gasteiger partial charge >= 0.3 is 5.97 Å². The van der Waals surface area contributed by atoms with Crippen molar-refractivity contribution in [2.24, 2.45) is 0 Å². The highest BCUT2D eigenvalue weighted by molar-refractivity contribution is 5.87. The molecule has 94 valence electrons. The van der Waals surface area contributed by atoms with E-state index in [1.54, 1.807) is 24.5 Å². The van der Waals surface area contributed by atoms with Crippen molar-refractivity contribution in [3.8, 4) is 0 Å². The molecule has 1 aromatic heterocycles. The summed E-state index contributed by atoms with van der Waals surface area (Å²) < 4.78 is 0. The molecule has 0 radical (unpaired) electrons. The van der Waals surface area contributed by atoms with Crippen molar-refractivity contribution in [2.45, 2.75) is 6.42 Å². The molecule has 0 saturated carbocycles. The first-order valence-corrected chi connectivity index (χ1v) is 5.96. The number of carboxylic acid groups (broad SMARTS) is 1. The van der Waals surface area contributed by atoms with Crippen LogP contribution in [-0.2, 0) is 6.42 Å². The van der Waals surface area contributed by atoms with Gasteiger partial charge in [0.25, 0.3) is 0 Å². The molecule has 0 atom stereocenters. The van der Waals surface area contributed by atoms with Crippen LogP contribution in [0.5, 0.6) is 0 Å². The Morgan fingerprint density at radius 3 is 2.84 bits per heavy atom. The van der Waals surface area contributed by atoms with Gasteiger partial charge in [0.1, 0.15) is 0 Å². The number of fused-ring (bicyclic) bond motifs is 1. The van der Waals surface area contributed by atoms with Crippen LogP contribution >= 0.6 is 0 Å². The standard InChI is InChI=1S/C15H12N2O2/c18-15(19)12-3-1-2-10(7-12)6-11-4-5-13-14(8-11)17-9-16-13/h1-5,7-9H,6H2,(H,16,17)(H,18,19). The van der Waals surface area contributed by atoms with E-state index < -0.39 is 5.97 Å². The van der Waals surface area contributed by atoms with Gasteiger partial charge in [0.05, 0.1) is 22.9 Å². The first kappa shape index (κ1) is 11.5. The summed E-state index contributed by atoms with van der Waals surface area (Å²) in [6.45, 7) is 0. The molecule has 0 aliphatic rings. The van der Waals surface area contributed by atoms with E-state index in [1.807, 2.05) is 24.3 Å². The third-order valence-corrected chi connectivity index (χ3v) is 3.07. The summed E-state index contributed by atoms with van der Waals surface area (Å²) in [7, 11) is 0. The summed E-state index contributed by atoms with van der Waals surface area (Å²) in [4.78, 5) is 18.2. The van der Waals surface area contributed by atoms with Gasteiger partial charge in [0.2, 0.25) is 0 Å². The zero-order valence-corrected chi connectivity index (χ0v) is 10.1. The van der Waals surface area contributed by atoms with Crippen molar-refractivity contribution in [2.75, 3.05) is 0 Å². The average molecular weight is 252 g/mol. The fourth-order valence-corrected chi connectivity index (χ4v) is 2.14. The van der Waals surface area contributed by atoms with Gasteiger partial charge in [0, 0.05) is 0 Å². The molecule has 3 aromatic rings. The Labute approximate surface area is 109 Å². The Morgan fingerprint density at radius 2 is 2.00 bits per heavy atom. The van der Waals surface area contributed by atoms with Crippen LogP contribution < -0.4 is 0 Å². The molecule has 2 aromatic carbocycles. The molecule has 0 amide bonds. The number of carboxylic acids is 1. The highest BCUT2D eigenvalue weighted by Crippen LogP contribution is 2.16. The van der Waals surface area contributed by atoms with Crippen molar-refractivity contribution in [1.82, 2.24) is 9.97 Å². The molecule has 19 heavy (non-hydrogen) atoms. The van der Waals surface area contributed by atoms with Gasteiger partial charge < -0.3 is 10.1 Å². The summed E-state index contributed by atoms with van der Waals surface area (Å²) >= 11 is 0. The van der Waals surface area contributed by atoms with E-state index in [1.165, 1.54) is 0 Å². The smallest absolute Gasteiger partial charge is 0.335 e. The second-order valence-electron chi connectivity index (χ2n) is 4.44. The second kappa shape index (κ2) is 4.57. The monoisotopic (exact) mass is 252 g/mol. The van der Waals surface area contributed by atoms with Crippen LogP contribution in [0.3, 0.4) is 0 Å². The second-order valence-corrected chi connectivity index (χ2v) is 4.44. The van der Waals surface area contributed by atoms with Gasteiger partial charge in [-0.05, 0) is 41.8 Å². The Kier molecular flexibility index (Phi) is 2.76. The quantitative estimate of drug-likeness (QED) is 0.753. The minimum Gasteiger partial charge on any atom is -0.478 e. The Morgan fingerprint density at radius 1 is 1.16 bits per heavy atom. The van der Waals surface area contributed by atoms with Crippen LogP contribution in [0.25, 0.3) is 11.0 Å². The SMILES string of the molecule is O=C(O)c1cccc(Cc2ccc3nc[nH]c3c2)c1. The van der Waals surface area contributed by atoms with Gasteiger partial charge in [-0.3, -0.25) is 0 Å². The molecule has 0 spiro atoms. The van der Waals surface area contributed by atoms with E-state index in [4.69, 9.17) is 5.11 Å². The van der Waals surface area contributed by atoms with Crippen LogP contribution in [0.1, 0.15) is 21.5 Å². The van der Waals surface area contributed by atoms with Gasteiger partial charge in [-0.1, -0.05) is 18.2 Å². The predicted molar refractivity (Wildman–Crippen MR) is 72.3 cm³/mol. The lowest BCUT2D eigenvalue weighted by molar-refractivity contribution is 0.0697. The molecule has 1 heterocycles. The van der Waals surface area contributed by atoms with Crippen molar-refractivity contribution in [3.05, 3.63) is 65.5 Å². The molecule has 4 nitrogen and oxygen atoms in total. The third-order valence-electron chi connectivity index (χ3n) is 3.07. The molecule has 0 unspecified atom stereocenters. The van der Waals surface area contributed by atoms with E-state index in [2.05, 4.69) is 9.97 Å². The number of carbonyl (C=O) groups is 1. The number of hydrogen-bond acceptors (Lipinski definition) is 2. The van der Waals surface area contributed by atoms with Crippen molar-refractivity contribution >= 4 is 17.0 Å². The van der Waals surface area contributed by atoms with Crippen LogP contribution in [-0.4, -0.2) is 21.0 Å². The number of nitrogens with one attached hydrogen (secondary N) is 1. The lowest BCUT2D eigenvalue weighted by atomic mass is 10.0. The molecule has 3 rings (SSSR count). The van der Waals surface area contributed by atoms with Gasteiger partial charge in [-0.15, -0.1) is 0 Å². The zero-order valence-electron chi connectivity index (χ0n) is 10.1. The molecule has 2 N–H and O–H groups in total. The fourth-order valence-electron chi connectivity index (χ4n) is 2.14. The topological polar surface area (TPSA) is 66.0 Å². The largest absolute Gasteiger partial charge is 0.478 e. The number of H-pyrrole nitrogens is 1. The number of hydrogen-bond donors (Lipinski definition) is 2. The van der Waals surface area contributed by atoms with Crippen LogP contribution in [0.15, 0.2) is 48.8 Å². The van der Waals surface area contributed by atoms with E-state index >= 15 is 0 Å². The predicted octanol–water partition coefficient (Wildman–Crippen LogP) is 2.85. The van der Waals surface area contributed by atoms with Crippen molar-refractivity contribution in [3.63, 3.8) is 0 Å². The number of benzene rings is 2. The van der Waals surface area contributed by atoms with E-state index in [0.717, 1.165) is 22.2 Å². The minimum absolute atomic E-state index is 0.320. The molecular weight excluding hydrogens is 240 g/mol. The summed E-state index contributed by atoms with van der Waals surface area (Å²) in [5, 5.41) is 8.98. The first-order chi connectivity index (χ1) is 9.22. The molecule has 0 fully saturated rings. The fraction of sp³-hybridized carbons (Fsp3) is 0.0667. The molecule has 0 aliphatic carbocycles. The molecule has 0 aliphatic heterocycles. The lowest BCUT2D eigenvalue weighted by Gasteiger charge is -2.03. The first-order valence-electron chi connectivity index (χ1n) is 5.96. The summed E-state index contributed by atoms with van der Waals surface area (Å²) in [6.07, 6.45) is 2.37. The van der Waals surface area contributed by atoms with Crippen molar-refractivity contribution < 1.29 is 9.90 Å². The van der Waals surface area contributed by atoms with Gasteiger partial charge in [-0.2, -0.15) is 0 Å². The van der Waals surface area contributed by atoms with E-state index in [0.29, 0.717) is 12.0 Å². The number of nitrogens with zero attached hydrogens (tertiary/aromatic N) is 1. The summed E-state index contributed by atoms with van der Waals surface area (Å²) in [6, 6.07) is 13.0. The molecule has 4 heteroatoms. The summed E-state index contributed by atoms with van der Waals surface area (Å²) in [5.41, 5.74) is 4.35. The highest BCUT2D eigenvalue weighted by Gasteiger charge is 2.04. The van der Waals surface area contributed by atoms with Crippen molar-refractivity contribution in [1.29, 1.82) is 0 Å². The van der Waals surface area contributed by atoms with Gasteiger partial charge in [0.15, 0.2) is 0 Å². The maximum Gasteiger partial charge on any atom is 0.335 e. The van der Waals surface area contributed by atoms with Crippen LogP contribution in [0.4, 0.5) is 0 Å². The molecular formula is C15H12N2O2. The summed E-state index contributed by atoms with van der Waals surface area (Å²) in [5.74, 6) is -0.897. The van der Waals surface area contributed by atoms with Gasteiger partial charge in [-0.25, -0.2) is 9.78 Å². The Hall–Kier alpha value is -2.62. The number of aromatic carboxylic acids is 1. The highest BCUT2D eigenvalue weighted by atomic mass is 16.4. The van der Waals surface area contributed by atoms with E-state index in [9.17, 15) is 4.79 Å². The van der Waals surface area contributed by atoms with Crippen LogP contribution in [0.2, 0.25) is 0 Å². The zero-order chi connectivity index (χ0) is 13.2. The Bertz CT molecular complexity index is 746. The molecule has 0 bridgehead atoms. The number of imidazole rings is 1. The Balaban J connectivity index is 1.91. The normalized spacial score (nSPS) is 10.7. The average Bonchev–Trinajstić information content (AvgIpc) is 2.86. The minimum atomic E-state index is -0.897. The maximum absolute atomic E-state index is 10.9. The number of rotatable bonds is 3.